The molecular weight excluding hydrogens is 201 g/mol. The van der Waals surface area contributed by atoms with Crippen molar-refractivity contribution in [1.29, 1.82) is 0 Å². The minimum Gasteiger partial charge on any atom is -0.311 e. The Balaban J connectivity index is 1.78. The van der Waals surface area contributed by atoms with Crippen LogP contribution in [-0.2, 0) is 0 Å². The maximum atomic E-state index is 14.3. The van der Waals surface area contributed by atoms with Gasteiger partial charge in [-0.25, -0.2) is 4.39 Å². The Kier molecular flexibility index (Phi) is 4.63. The SMILES string of the molecule is CCC1CCC(C(F)C2CCCCN2)CC1. The van der Waals surface area contributed by atoms with Crippen LogP contribution >= 0.6 is 0 Å². The summed E-state index contributed by atoms with van der Waals surface area (Å²) in [6, 6.07) is 0.164. The Bertz CT molecular complexity index is 193. The van der Waals surface area contributed by atoms with E-state index in [1.165, 1.54) is 32.1 Å². The molecule has 0 radical (unpaired) electrons. The van der Waals surface area contributed by atoms with E-state index >= 15 is 0 Å². The van der Waals surface area contributed by atoms with Gasteiger partial charge < -0.3 is 5.32 Å². The van der Waals surface area contributed by atoms with Gasteiger partial charge in [-0.1, -0.05) is 32.6 Å². The third-order valence-electron chi connectivity index (χ3n) is 4.65. The van der Waals surface area contributed by atoms with Crippen LogP contribution in [0.25, 0.3) is 0 Å². The Morgan fingerprint density at radius 2 is 1.88 bits per heavy atom. The second-order valence-corrected chi connectivity index (χ2v) is 5.69. The summed E-state index contributed by atoms with van der Waals surface area (Å²) in [5.74, 6) is 1.22. The van der Waals surface area contributed by atoms with Crippen LogP contribution in [0.1, 0.15) is 58.3 Å². The molecule has 0 aromatic rings. The molecule has 2 heteroatoms. The van der Waals surface area contributed by atoms with E-state index in [9.17, 15) is 4.39 Å². The summed E-state index contributed by atoms with van der Waals surface area (Å²) in [6.07, 6.45) is 8.95. The molecule has 1 aliphatic carbocycles. The van der Waals surface area contributed by atoms with E-state index in [1.807, 2.05) is 0 Å². The summed E-state index contributed by atoms with van der Waals surface area (Å²) in [4.78, 5) is 0. The second-order valence-electron chi connectivity index (χ2n) is 5.69. The number of hydrogen-bond acceptors (Lipinski definition) is 1. The standard InChI is InChI=1S/C14H26FN/c1-2-11-6-8-12(9-7-11)14(15)13-5-3-4-10-16-13/h11-14,16H,2-10H2,1H3. The summed E-state index contributed by atoms with van der Waals surface area (Å²) in [5, 5.41) is 3.37. The molecule has 16 heavy (non-hydrogen) atoms. The molecule has 2 rings (SSSR count). The third kappa shape index (κ3) is 2.97. The van der Waals surface area contributed by atoms with Gasteiger partial charge in [0.05, 0.1) is 0 Å². The molecule has 1 saturated carbocycles. The number of alkyl halides is 1. The zero-order valence-electron chi connectivity index (χ0n) is 10.6. The molecule has 94 valence electrons. The monoisotopic (exact) mass is 227 g/mol. The minimum atomic E-state index is -0.585. The first-order chi connectivity index (χ1) is 7.81. The fourth-order valence-corrected chi connectivity index (χ4v) is 3.39. The minimum absolute atomic E-state index is 0.164. The molecule has 2 atom stereocenters. The van der Waals surface area contributed by atoms with Crippen molar-refractivity contribution in [2.45, 2.75) is 70.5 Å². The Labute approximate surface area is 99.2 Å². The zero-order valence-corrected chi connectivity index (χ0v) is 10.6. The normalized spacial score (nSPS) is 38.2. The Hall–Kier alpha value is -0.110. The van der Waals surface area contributed by atoms with Crippen molar-refractivity contribution in [1.82, 2.24) is 5.32 Å². The Morgan fingerprint density at radius 1 is 1.12 bits per heavy atom. The first-order valence-corrected chi connectivity index (χ1v) is 7.18. The van der Waals surface area contributed by atoms with Crippen LogP contribution in [0.2, 0.25) is 0 Å². The van der Waals surface area contributed by atoms with E-state index in [2.05, 4.69) is 12.2 Å². The summed E-state index contributed by atoms with van der Waals surface area (Å²) < 4.78 is 14.3. The van der Waals surface area contributed by atoms with Crippen LogP contribution in [0, 0.1) is 11.8 Å². The summed E-state index contributed by atoms with van der Waals surface area (Å²) in [5.41, 5.74) is 0. The van der Waals surface area contributed by atoms with Crippen LogP contribution in [0.15, 0.2) is 0 Å². The molecule has 0 spiro atoms. The lowest BCUT2D eigenvalue weighted by Crippen LogP contribution is -2.45. The van der Waals surface area contributed by atoms with E-state index in [0.29, 0.717) is 5.92 Å². The quantitative estimate of drug-likeness (QED) is 0.775. The molecule has 1 N–H and O–H groups in total. The number of piperidine rings is 1. The van der Waals surface area contributed by atoms with E-state index in [4.69, 9.17) is 0 Å². The van der Waals surface area contributed by atoms with Crippen LogP contribution in [-0.4, -0.2) is 18.8 Å². The first kappa shape index (κ1) is 12.3. The van der Waals surface area contributed by atoms with Crippen molar-refractivity contribution in [2.75, 3.05) is 6.54 Å². The van der Waals surface area contributed by atoms with Gasteiger partial charge in [-0.15, -0.1) is 0 Å². The largest absolute Gasteiger partial charge is 0.311 e. The van der Waals surface area contributed by atoms with Crippen LogP contribution in [0.5, 0.6) is 0 Å². The first-order valence-electron chi connectivity index (χ1n) is 7.18. The highest BCUT2D eigenvalue weighted by Gasteiger charge is 2.32. The van der Waals surface area contributed by atoms with Crippen LogP contribution < -0.4 is 5.32 Å². The van der Waals surface area contributed by atoms with Gasteiger partial charge in [-0.3, -0.25) is 0 Å². The molecule has 1 saturated heterocycles. The smallest absolute Gasteiger partial charge is 0.118 e. The summed E-state index contributed by atoms with van der Waals surface area (Å²) >= 11 is 0. The van der Waals surface area contributed by atoms with Crippen molar-refractivity contribution in [3.8, 4) is 0 Å². The van der Waals surface area contributed by atoms with Gasteiger partial charge in [0.1, 0.15) is 6.17 Å². The molecule has 2 unspecified atom stereocenters. The molecule has 0 bridgehead atoms. The van der Waals surface area contributed by atoms with E-state index in [0.717, 1.165) is 31.7 Å². The van der Waals surface area contributed by atoms with E-state index in [-0.39, 0.29) is 6.04 Å². The molecule has 1 aliphatic heterocycles. The fourth-order valence-electron chi connectivity index (χ4n) is 3.39. The van der Waals surface area contributed by atoms with Gasteiger partial charge in [0, 0.05) is 6.04 Å². The van der Waals surface area contributed by atoms with Gasteiger partial charge in [-0.2, -0.15) is 0 Å². The van der Waals surface area contributed by atoms with Gasteiger partial charge >= 0.3 is 0 Å². The highest BCUT2D eigenvalue weighted by Crippen LogP contribution is 2.35. The lowest BCUT2D eigenvalue weighted by molar-refractivity contribution is 0.107. The summed E-state index contributed by atoms with van der Waals surface area (Å²) in [6.45, 7) is 3.29. The number of halogens is 1. The molecule has 2 fully saturated rings. The topological polar surface area (TPSA) is 12.0 Å². The molecule has 0 aromatic carbocycles. The number of nitrogens with one attached hydrogen (secondary N) is 1. The number of hydrogen-bond donors (Lipinski definition) is 1. The van der Waals surface area contributed by atoms with Crippen LogP contribution in [0.3, 0.4) is 0 Å². The van der Waals surface area contributed by atoms with Crippen LogP contribution in [0.4, 0.5) is 4.39 Å². The average Bonchev–Trinajstić information content (AvgIpc) is 2.39. The maximum Gasteiger partial charge on any atom is 0.118 e. The van der Waals surface area contributed by atoms with Gasteiger partial charge in [0.2, 0.25) is 0 Å². The molecule has 0 aromatic heterocycles. The predicted molar refractivity (Wildman–Crippen MR) is 66.3 cm³/mol. The predicted octanol–water partition coefficient (Wildman–Crippen LogP) is 3.68. The molecule has 1 nitrogen and oxygen atoms in total. The molecule has 2 aliphatic rings. The van der Waals surface area contributed by atoms with Crippen molar-refractivity contribution >= 4 is 0 Å². The summed E-state index contributed by atoms with van der Waals surface area (Å²) in [7, 11) is 0. The van der Waals surface area contributed by atoms with Gasteiger partial charge in [0.25, 0.3) is 0 Å². The lowest BCUT2D eigenvalue weighted by Gasteiger charge is -2.35. The molecule has 1 heterocycles. The van der Waals surface area contributed by atoms with E-state index < -0.39 is 6.17 Å². The van der Waals surface area contributed by atoms with Crippen molar-refractivity contribution in [2.24, 2.45) is 11.8 Å². The Morgan fingerprint density at radius 3 is 2.44 bits per heavy atom. The zero-order chi connectivity index (χ0) is 11.4. The van der Waals surface area contributed by atoms with Gasteiger partial charge in [-0.05, 0) is 44.1 Å². The lowest BCUT2D eigenvalue weighted by atomic mass is 9.76. The van der Waals surface area contributed by atoms with Crippen molar-refractivity contribution < 1.29 is 4.39 Å². The van der Waals surface area contributed by atoms with Crippen molar-refractivity contribution in [3.63, 3.8) is 0 Å². The highest BCUT2D eigenvalue weighted by atomic mass is 19.1. The average molecular weight is 227 g/mol. The second kappa shape index (κ2) is 6.00. The fraction of sp³-hybridized carbons (Fsp3) is 1.00. The highest BCUT2D eigenvalue weighted by molar-refractivity contribution is 4.87. The van der Waals surface area contributed by atoms with E-state index in [1.54, 1.807) is 0 Å². The molecular formula is C14H26FN. The molecule has 0 amide bonds. The number of rotatable bonds is 3. The van der Waals surface area contributed by atoms with Crippen molar-refractivity contribution in [3.05, 3.63) is 0 Å². The maximum absolute atomic E-state index is 14.3. The van der Waals surface area contributed by atoms with Gasteiger partial charge in [0.15, 0.2) is 0 Å². The third-order valence-corrected chi connectivity index (χ3v) is 4.65.